The van der Waals surface area contributed by atoms with Crippen molar-refractivity contribution in [2.75, 3.05) is 13.7 Å². The standard InChI is InChI=1S/C10H14O3/c1-12-10(11)8-4-5-9-7(8)3-2-6-13-9/h4,7,9H,2-3,5-6H2,1H3/t7-,9+/m1/s1. The van der Waals surface area contributed by atoms with Crippen LogP contribution in [0.5, 0.6) is 0 Å². The topological polar surface area (TPSA) is 35.5 Å². The fourth-order valence-corrected chi connectivity index (χ4v) is 2.18. The molecule has 13 heavy (non-hydrogen) atoms. The summed E-state index contributed by atoms with van der Waals surface area (Å²) in [6.07, 6.45) is 5.19. The molecule has 1 fully saturated rings. The van der Waals surface area contributed by atoms with Crippen LogP contribution in [0.3, 0.4) is 0 Å². The van der Waals surface area contributed by atoms with Crippen LogP contribution in [0.15, 0.2) is 11.6 Å². The maximum absolute atomic E-state index is 11.3. The van der Waals surface area contributed by atoms with Gasteiger partial charge in [0.25, 0.3) is 0 Å². The van der Waals surface area contributed by atoms with Gasteiger partial charge in [-0.1, -0.05) is 6.08 Å². The van der Waals surface area contributed by atoms with Gasteiger partial charge in [0.1, 0.15) is 0 Å². The fourth-order valence-electron chi connectivity index (χ4n) is 2.18. The summed E-state index contributed by atoms with van der Waals surface area (Å²) < 4.78 is 10.3. The van der Waals surface area contributed by atoms with E-state index in [0.29, 0.717) is 5.92 Å². The molecule has 0 aromatic carbocycles. The SMILES string of the molecule is COC(=O)C1=CC[C@@H]2OCCC[C@H]12. The van der Waals surface area contributed by atoms with Crippen molar-refractivity contribution >= 4 is 5.97 Å². The van der Waals surface area contributed by atoms with Crippen molar-refractivity contribution < 1.29 is 14.3 Å². The zero-order chi connectivity index (χ0) is 9.26. The number of hydrogen-bond donors (Lipinski definition) is 0. The first-order chi connectivity index (χ1) is 6.33. The molecule has 0 N–H and O–H groups in total. The summed E-state index contributed by atoms with van der Waals surface area (Å²) in [7, 11) is 1.43. The molecule has 0 spiro atoms. The Bertz CT molecular complexity index is 245. The normalized spacial score (nSPS) is 32.2. The first kappa shape index (κ1) is 8.75. The number of carbonyl (C=O) groups is 1. The largest absolute Gasteiger partial charge is 0.466 e. The highest BCUT2D eigenvalue weighted by Gasteiger charge is 2.36. The minimum Gasteiger partial charge on any atom is -0.466 e. The van der Waals surface area contributed by atoms with E-state index in [4.69, 9.17) is 9.47 Å². The minimum absolute atomic E-state index is 0.182. The molecular formula is C10H14O3. The van der Waals surface area contributed by atoms with Gasteiger partial charge in [0, 0.05) is 18.1 Å². The predicted molar refractivity (Wildman–Crippen MR) is 47.2 cm³/mol. The summed E-state index contributed by atoms with van der Waals surface area (Å²) in [5, 5.41) is 0. The molecule has 0 amide bonds. The molecule has 1 aliphatic heterocycles. The summed E-state index contributed by atoms with van der Waals surface area (Å²) in [6, 6.07) is 0. The number of rotatable bonds is 1. The van der Waals surface area contributed by atoms with Gasteiger partial charge in [-0.2, -0.15) is 0 Å². The van der Waals surface area contributed by atoms with E-state index in [9.17, 15) is 4.79 Å². The second-order valence-electron chi connectivity index (χ2n) is 3.54. The summed E-state index contributed by atoms with van der Waals surface area (Å²) in [5.74, 6) is 0.110. The third kappa shape index (κ3) is 1.48. The Morgan fingerprint density at radius 3 is 3.31 bits per heavy atom. The zero-order valence-electron chi connectivity index (χ0n) is 7.79. The number of ether oxygens (including phenoxy) is 2. The van der Waals surface area contributed by atoms with Crippen molar-refractivity contribution in [1.82, 2.24) is 0 Å². The van der Waals surface area contributed by atoms with Gasteiger partial charge in [-0.15, -0.1) is 0 Å². The highest BCUT2D eigenvalue weighted by molar-refractivity contribution is 5.89. The lowest BCUT2D eigenvalue weighted by atomic mass is 9.92. The molecule has 1 aliphatic carbocycles. The van der Waals surface area contributed by atoms with E-state index < -0.39 is 0 Å². The molecule has 2 aliphatic rings. The summed E-state index contributed by atoms with van der Waals surface area (Å²) >= 11 is 0. The Kier molecular flexibility index (Phi) is 2.36. The molecule has 0 aromatic rings. The van der Waals surface area contributed by atoms with Gasteiger partial charge >= 0.3 is 5.97 Å². The van der Waals surface area contributed by atoms with Crippen molar-refractivity contribution in [1.29, 1.82) is 0 Å². The summed E-state index contributed by atoms with van der Waals surface area (Å²) in [4.78, 5) is 11.3. The molecule has 3 heteroatoms. The molecule has 2 atom stereocenters. The molecule has 0 aromatic heterocycles. The van der Waals surface area contributed by atoms with Gasteiger partial charge in [0.15, 0.2) is 0 Å². The van der Waals surface area contributed by atoms with Gasteiger partial charge in [-0.25, -0.2) is 4.79 Å². The van der Waals surface area contributed by atoms with Crippen molar-refractivity contribution in [2.24, 2.45) is 5.92 Å². The number of hydrogen-bond acceptors (Lipinski definition) is 3. The van der Waals surface area contributed by atoms with Crippen LogP contribution in [0.2, 0.25) is 0 Å². The average molecular weight is 182 g/mol. The van der Waals surface area contributed by atoms with Crippen LogP contribution < -0.4 is 0 Å². The predicted octanol–water partition coefficient (Wildman–Crippen LogP) is 1.28. The van der Waals surface area contributed by atoms with E-state index in [2.05, 4.69) is 0 Å². The molecule has 1 saturated heterocycles. The van der Waals surface area contributed by atoms with Crippen molar-refractivity contribution in [3.05, 3.63) is 11.6 Å². The van der Waals surface area contributed by atoms with Crippen molar-refractivity contribution in [2.45, 2.75) is 25.4 Å². The maximum Gasteiger partial charge on any atom is 0.333 e. The Morgan fingerprint density at radius 1 is 1.69 bits per heavy atom. The maximum atomic E-state index is 11.3. The van der Waals surface area contributed by atoms with Gasteiger partial charge in [0.2, 0.25) is 0 Å². The highest BCUT2D eigenvalue weighted by Crippen LogP contribution is 2.35. The van der Waals surface area contributed by atoms with E-state index in [1.807, 2.05) is 6.08 Å². The number of carbonyl (C=O) groups excluding carboxylic acids is 1. The molecule has 3 nitrogen and oxygen atoms in total. The minimum atomic E-state index is -0.182. The van der Waals surface area contributed by atoms with E-state index in [1.54, 1.807) is 0 Å². The number of fused-ring (bicyclic) bond motifs is 1. The molecule has 2 rings (SSSR count). The second kappa shape index (κ2) is 3.50. The number of esters is 1. The van der Waals surface area contributed by atoms with E-state index in [-0.39, 0.29) is 12.1 Å². The second-order valence-corrected chi connectivity index (χ2v) is 3.54. The average Bonchev–Trinajstić information content (AvgIpc) is 2.60. The first-order valence-electron chi connectivity index (χ1n) is 4.73. The molecule has 72 valence electrons. The number of methoxy groups -OCH3 is 1. The first-order valence-corrected chi connectivity index (χ1v) is 4.73. The van der Waals surface area contributed by atoms with E-state index in [0.717, 1.165) is 31.4 Å². The van der Waals surface area contributed by atoms with Gasteiger partial charge in [-0.3, -0.25) is 0 Å². The van der Waals surface area contributed by atoms with Crippen LogP contribution in [0.4, 0.5) is 0 Å². The molecule has 0 unspecified atom stereocenters. The molecular weight excluding hydrogens is 168 g/mol. The lowest BCUT2D eigenvalue weighted by Crippen LogP contribution is -2.28. The third-order valence-electron chi connectivity index (χ3n) is 2.83. The van der Waals surface area contributed by atoms with Crippen LogP contribution in [0.1, 0.15) is 19.3 Å². The van der Waals surface area contributed by atoms with Crippen LogP contribution in [-0.2, 0) is 14.3 Å². The zero-order valence-corrected chi connectivity index (χ0v) is 7.79. The van der Waals surface area contributed by atoms with Crippen LogP contribution >= 0.6 is 0 Å². The Labute approximate surface area is 77.7 Å². The smallest absolute Gasteiger partial charge is 0.333 e. The fraction of sp³-hybridized carbons (Fsp3) is 0.700. The lowest BCUT2D eigenvalue weighted by molar-refractivity contribution is -0.137. The van der Waals surface area contributed by atoms with Crippen LogP contribution in [0, 0.1) is 5.92 Å². The highest BCUT2D eigenvalue weighted by atomic mass is 16.5. The van der Waals surface area contributed by atoms with Gasteiger partial charge in [-0.05, 0) is 19.3 Å². The molecule has 0 bridgehead atoms. The summed E-state index contributed by atoms with van der Waals surface area (Å²) in [5.41, 5.74) is 0.826. The lowest BCUT2D eigenvalue weighted by Gasteiger charge is -2.27. The summed E-state index contributed by atoms with van der Waals surface area (Å²) in [6.45, 7) is 0.837. The quantitative estimate of drug-likeness (QED) is 0.573. The van der Waals surface area contributed by atoms with Crippen molar-refractivity contribution in [3.63, 3.8) is 0 Å². The van der Waals surface area contributed by atoms with Gasteiger partial charge < -0.3 is 9.47 Å². The monoisotopic (exact) mass is 182 g/mol. The molecule has 0 saturated carbocycles. The Balaban J connectivity index is 2.09. The molecule has 1 heterocycles. The Morgan fingerprint density at radius 2 is 2.54 bits per heavy atom. The third-order valence-corrected chi connectivity index (χ3v) is 2.83. The van der Waals surface area contributed by atoms with Crippen molar-refractivity contribution in [3.8, 4) is 0 Å². The Hall–Kier alpha value is -0.830. The van der Waals surface area contributed by atoms with Crippen LogP contribution in [0.25, 0.3) is 0 Å². The van der Waals surface area contributed by atoms with E-state index >= 15 is 0 Å². The van der Waals surface area contributed by atoms with Gasteiger partial charge in [0.05, 0.1) is 13.2 Å². The van der Waals surface area contributed by atoms with E-state index in [1.165, 1.54) is 7.11 Å². The van der Waals surface area contributed by atoms with Crippen LogP contribution in [-0.4, -0.2) is 25.8 Å². The molecule has 0 radical (unpaired) electrons.